The van der Waals surface area contributed by atoms with Crippen molar-refractivity contribution in [3.05, 3.63) is 27.4 Å². The van der Waals surface area contributed by atoms with Crippen LogP contribution in [0, 0.1) is 0 Å². The van der Waals surface area contributed by atoms with E-state index in [0.29, 0.717) is 17.9 Å². The minimum Gasteiger partial charge on any atom is -0.449 e. The Morgan fingerprint density at radius 3 is 2.69 bits per heavy atom. The molecule has 5 nitrogen and oxygen atoms in total. The highest BCUT2D eigenvalue weighted by atomic mass is 16.6. The van der Waals surface area contributed by atoms with Crippen LogP contribution < -0.4 is 5.56 Å². The molecule has 1 aliphatic rings. The predicted octanol–water partition coefficient (Wildman–Crippen LogP) is 1.13. The third-order valence-electron chi connectivity index (χ3n) is 2.58. The molecular weight excluding hydrogens is 208 g/mol. The Hall–Kier alpha value is -1.65. The number of aromatic nitrogens is 2. The van der Waals surface area contributed by atoms with Crippen molar-refractivity contribution in [2.45, 2.75) is 39.2 Å². The number of rotatable bonds is 2. The number of carbonyl (C=O) groups excluding carboxylic acids is 1. The van der Waals surface area contributed by atoms with Crippen LogP contribution in [0.15, 0.2) is 4.79 Å². The molecule has 0 saturated heterocycles. The number of carbonyl (C=O) groups is 1. The van der Waals surface area contributed by atoms with Gasteiger partial charge in [0.25, 0.3) is 5.56 Å². The third kappa shape index (κ3) is 1.52. The van der Waals surface area contributed by atoms with Crippen molar-refractivity contribution in [2.75, 3.05) is 0 Å². The summed E-state index contributed by atoms with van der Waals surface area (Å²) in [6, 6.07) is 0. The molecule has 16 heavy (non-hydrogen) atoms. The molecule has 0 aromatic carbocycles. The van der Waals surface area contributed by atoms with E-state index in [1.807, 2.05) is 6.92 Å². The van der Waals surface area contributed by atoms with Crippen LogP contribution in [-0.2, 0) is 16.8 Å². The fourth-order valence-electron chi connectivity index (χ4n) is 1.83. The maximum atomic E-state index is 11.7. The molecule has 1 aromatic rings. The van der Waals surface area contributed by atoms with Crippen molar-refractivity contribution in [1.82, 2.24) is 9.97 Å². The summed E-state index contributed by atoms with van der Waals surface area (Å²) in [5.41, 5.74) is -0.707. The lowest BCUT2D eigenvalue weighted by Gasteiger charge is -2.16. The first kappa shape index (κ1) is 10.9. The van der Waals surface area contributed by atoms with Crippen LogP contribution in [-0.4, -0.2) is 15.9 Å². The lowest BCUT2D eigenvalue weighted by molar-refractivity contribution is 0.00823. The lowest BCUT2D eigenvalue weighted by Crippen LogP contribution is -2.22. The van der Waals surface area contributed by atoms with Gasteiger partial charge in [-0.3, -0.25) is 4.79 Å². The van der Waals surface area contributed by atoms with Crippen molar-refractivity contribution in [3.8, 4) is 0 Å². The van der Waals surface area contributed by atoms with Gasteiger partial charge in [0.05, 0.1) is 0 Å². The molecule has 86 valence electrons. The van der Waals surface area contributed by atoms with Crippen LogP contribution >= 0.6 is 0 Å². The zero-order valence-corrected chi connectivity index (χ0v) is 9.59. The van der Waals surface area contributed by atoms with Crippen LogP contribution in [0.3, 0.4) is 0 Å². The fraction of sp³-hybridized carbons (Fsp3) is 0.545. The smallest absolute Gasteiger partial charge is 0.346 e. The number of aromatic amines is 1. The first-order valence-corrected chi connectivity index (χ1v) is 5.32. The minimum atomic E-state index is -0.802. The van der Waals surface area contributed by atoms with Gasteiger partial charge in [0, 0.05) is 6.42 Å². The quantitative estimate of drug-likeness (QED) is 0.761. The summed E-state index contributed by atoms with van der Waals surface area (Å²) in [6.45, 7) is 5.47. The first-order valence-electron chi connectivity index (χ1n) is 5.32. The molecule has 0 aliphatic carbocycles. The van der Waals surface area contributed by atoms with E-state index in [2.05, 4.69) is 9.97 Å². The van der Waals surface area contributed by atoms with E-state index >= 15 is 0 Å². The maximum Gasteiger partial charge on any atom is 0.346 e. The largest absolute Gasteiger partial charge is 0.449 e. The summed E-state index contributed by atoms with van der Waals surface area (Å²) in [6.07, 6.45) is 1.57. The minimum absolute atomic E-state index is 0.0462. The van der Waals surface area contributed by atoms with Crippen molar-refractivity contribution >= 4 is 5.97 Å². The van der Waals surface area contributed by atoms with Gasteiger partial charge >= 0.3 is 5.97 Å². The number of cyclic esters (lactones) is 1. The molecule has 0 radical (unpaired) electrons. The van der Waals surface area contributed by atoms with E-state index in [-0.39, 0.29) is 5.56 Å². The number of hydrogen-bond donors (Lipinski definition) is 1. The van der Waals surface area contributed by atoms with Crippen LogP contribution in [0.4, 0.5) is 0 Å². The Balaban J connectivity index is 2.63. The van der Waals surface area contributed by atoms with Crippen molar-refractivity contribution < 1.29 is 9.53 Å². The molecule has 2 heterocycles. The van der Waals surface area contributed by atoms with Gasteiger partial charge in [0.1, 0.15) is 17.1 Å². The zero-order chi connectivity index (χ0) is 11.9. The fourth-order valence-corrected chi connectivity index (χ4v) is 1.83. The van der Waals surface area contributed by atoms with Crippen molar-refractivity contribution in [1.29, 1.82) is 0 Å². The molecular formula is C11H14N2O3. The van der Waals surface area contributed by atoms with Gasteiger partial charge < -0.3 is 9.72 Å². The first-order chi connectivity index (χ1) is 7.45. The summed E-state index contributed by atoms with van der Waals surface area (Å²) in [4.78, 5) is 30.1. The van der Waals surface area contributed by atoms with Gasteiger partial charge in [-0.25, -0.2) is 9.78 Å². The van der Waals surface area contributed by atoms with Crippen molar-refractivity contribution in [3.63, 3.8) is 0 Å². The van der Waals surface area contributed by atoms with E-state index in [0.717, 1.165) is 6.42 Å². The summed E-state index contributed by atoms with van der Waals surface area (Å²) in [5.74, 6) is 0.0226. The van der Waals surface area contributed by atoms with E-state index in [4.69, 9.17) is 4.74 Å². The molecule has 0 unspecified atom stereocenters. The van der Waals surface area contributed by atoms with Gasteiger partial charge in [-0.15, -0.1) is 0 Å². The third-order valence-corrected chi connectivity index (χ3v) is 2.58. The monoisotopic (exact) mass is 222 g/mol. The van der Waals surface area contributed by atoms with Gasteiger partial charge in [-0.2, -0.15) is 0 Å². The highest BCUT2D eigenvalue weighted by molar-refractivity contribution is 5.93. The number of fused-ring (bicyclic) bond motifs is 1. The van der Waals surface area contributed by atoms with E-state index < -0.39 is 17.1 Å². The van der Waals surface area contributed by atoms with Gasteiger partial charge in [-0.1, -0.05) is 6.92 Å². The second-order valence-electron chi connectivity index (χ2n) is 4.39. The molecule has 1 aromatic heterocycles. The molecule has 5 heteroatoms. The molecule has 1 N–H and O–H groups in total. The Morgan fingerprint density at radius 1 is 1.38 bits per heavy atom. The maximum absolute atomic E-state index is 11.7. The number of nitrogens with one attached hydrogen (secondary N) is 1. The summed E-state index contributed by atoms with van der Waals surface area (Å²) in [5, 5.41) is 0. The Labute approximate surface area is 92.9 Å². The Kier molecular flexibility index (Phi) is 2.33. The lowest BCUT2D eigenvalue weighted by atomic mass is 10.0. The van der Waals surface area contributed by atoms with Crippen LogP contribution in [0.1, 0.15) is 49.1 Å². The number of aryl methyl sites for hydroxylation is 1. The average Bonchev–Trinajstić information content (AvgIpc) is 2.37. The molecule has 1 aliphatic heterocycles. The van der Waals surface area contributed by atoms with Gasteiger partial charge in [0.15, 0.2) is 5.56 Å². The molecule has 0 bridgehead atoms. The molecule has 2 rings (SSSR count). The van der Waals surface area contributed by atoms with Crippen LogP contribution in [0.5, 0.6) is 0 Å². The second-order valence-corrected chi connectivity index (χ2v) is 4.39. The molecule has 0 fully saturated rings. The number of H-pyrrole nitrogens is 1. The van der Waals surface area contributed by atoms with E-state index in [1.54, 1.807) is 13.8 Å². The number of ether oxygens (including phenoxy) is 1. The van der Waals surface area contributed by atoms with Crippen LogP contribution in [0.2, 0.25) is 0 Å². The highest BCUT2D eigenvalue weighted by Crippen LogP contribution is 2.32. The molecule has 0 spiro atoms. The summed E-state index contributed by atoms with van der Waals surface area (Å²) >= 11 is 0. The zero-order valence-electron chi connectivity index (χ0n) is 9.59. The van der Waals surface area contributed by atoms with Gasteiger partial charge in [-0.05, 0) is 20.3 Å². The van der Waals surface area contributed by atoms with Crippen LogP contribution in [0.25, 0.3) is 0 Å². The average molecular weight is 222 g/mol. The van der Waals surface area contributed by atoms with Gasteiger partial charge in [0.2, 0.25) is 0 Å². The molecule has 0 saturated carbocycles. The standard InChI is InChI=1S/C11H14N2O3/c1-4-5-6-12-8-7(9(14)13-6)10(15)16-11(8,2)3/h4-5H2,1-3H3,(H,12,13,14). The Bertz CT molecular complexity index is 502. The predicted molar refractivity (Wildman–Crippen MR) is 57.3 cm³/mol. The summed E-state index contributed by atoms with van der Waals surface area (Å²) < 4.78 is 5.11. The second kappa shape index (κ2) is 3.43. The number of hydrogen-bond acceptors (Lipinski definition) is 4. The number of nitrogens with zero attached hydrogens (tertiary/aromatic N) is 1. The topological polar surface area (TPSA) is 72.0 Å². The molecule has 0 amide bonds. The number of esters is 1. The highest BCUT2D eigenvalue weighted by Gasteiger charge is 2.41. The molecule has 0 atom stereocenters. The van der Waals surface area contributed by atoms with E-state index in [1.165, 1.54) is 0 Å². The summed E-state index contributed by atoms with van der Waals surface area (Å²) in [7, 11) is 0. The van der Waals surface area contributed by atoms with E-state index in [9.17, 15) is 9.59 Å². The SMILES string of the molecule is CCCc1nc2c(c(=O)[nH]1)C(=O)OC2(C)C. The normalized spacial score (nSPS) is 17.1. The Morgan fingerprint density at radius 2 is 2.06 bits per heavy atom. The van der Waals surface area contributed by atoms with Crippen molar-refractivity contribution in [2.24, 2.45) is 0 Å².